The van der Waals surface area contributed by atoms with Crippen molar-refractivity contribution in [2.75, 3.05) is 11.1 Å². The van der Waals surface area contributed by atoms with E-state index in [1.807, 2.05) is 47.2 Å². The van der Waals surface area contributed by atoms with Gasteiger partial charge in [-0.2, -0.15) is 0 Å². The first-order valence-electron chi connectivity index (χ1n) is 10.4. The van der Waals surface area contributed by atoms with Crippen molar-refractivity contribution in [3.05, 3.63) is 64.5 Å². The standard InChI is InChI=1S/C24H25N5OS2/c1-5-29-22(18-9-7-6-8-10-18)27-28-24(29)32-14-20(30)26-23-25-19(13-31-23)21-16(3)11-15(2)12-17(21)4/h6-13H,5,14H2,1-4H3,(H,25,26,30). The number of carbonyl (C=O) groups is 1. The predicted octanol–water partition coefficient (Wildman–Crippen LogP) is 5.74. The van der Waals surface area contributed by atoms with E-state index in [4.69, 9.17) is 0 Å². The number of carbonyl (C=O) groups excluding carboxylic acids is 1. The van der Waals surface area contributed by atoms with Crippen LogP contribution in [-0.2, 0) is 11.3 Å². The molecule has 6 nitrogen and oxygen atoms in total. The predicted molar refractivity (Wildman–Crippen MR) is 132 cm³/mol. The van der Waals surface area contributed by atoms with E-state index < -0.39 is 0 Å². The Kier molecular flexibility index (Phi) is 6.72. The fraction of sp³-hybridized carbons (Fsp3) is 0.250. The lowest BCUT2D eigenvalue weighted by Gasteiger charge is -2.09. The third-order valence-corrected chi connectivity index (χ3v) is 6.81. The van der Waals surface area contributed by atoms with Crippen LogP contribution >= 0.6 is 23.1 Å². The van der Waals surface area contributed by atoms with Gasteiger partial charge in [0.05, 0.1) is 11.4 Å². The Morgan fingerprint density at radius 1 is 1.09 bits per heavy atom. The molecule has 0 spiro atoms. The van der Waals surface area contributed by atoms with Crippen LogP contribution in [-0.4, -0.2) is 31.4 Å². The summed E-state index contributed by atoms with van der Waals surface area (Å²) in [5.74, 6) is 0.939. The zero-order valence-electron chi connectivity index (χ0n) is 18.5. The summed E-state index contributed by atoms with van der Waals surface area (Å²) in [7, 11) is 0. The van der Waals surface area contributed by atoms with Crippen LogP contribution in [0.25, 0.3) is 22.6 Å². The molecule has 2 aromatic carbocycles. The highest BCUT2D eigenvalue weighted by Crippen LogP contribution is 2.31. The molecule has 0 unspecified atom stereocenters. The van der Waals surface area contributed by atoms with E-state index in [1.165, 1.54) is 39.8 Å². The molecular formula is C24H25N5OS2. The minimum Gasteiger partial charge on any atom is -0.302 e. The highest BCUT2D eigenvalue weighted by Gasteiger charge is 2.16. The van der Waals surface area contributed by atoms with E-state index in [1.54, 1.807) is 0 Å². The second kappa shape index (κ2) is 9.67. The number of nitrogens with zero attached hydrogens (tertiary/aromatic N) is 4. The summed E-state index contributed by atoms with van der Waals surface area (Å²) in [5, 5.41) is 14.9. The Bertz CT molecular complexity index is 1220. The SMILES string of the molecule is CCn1c(SCC(=O)Nc2nc(-c3c(C)cc(C)cc3C)cs2)nnc1-c1ccccc1. The first-order chi connectivity index (χ1) is 15.5. The van der Waals surface area contributed by atoms with E-state index in [0.29, 0.717) is 5.13 Å². The van der Waals surface area contributed by atoms with Gasteiger partial charge in [0.1, 0.15) is 0 Å². The number of hydrogen-bond donors (Lipinski definition) is 1. The number of thioether (sulfide) groups is 1. The number of rotatable bonds is 7. The maximum absolute atomic E-state index is 12.6. The zero-order valence-corrected chi connectivity index (χ0v) is 20.2. The summed E-state index contributed by atoms with van der Waals surface area (Å²) in [5.41, 5.74) is 6.65. The monoisotopic (exact) mass is 463 g/mol. The summed E-state index contributed by atoms with van der Waals surface area (Å²) in [6.07, 6.45) is 0. The molecule has 0 saturated heterocycles. The maximum Gasteiger partial charge on any atom is 0.236 e. The van der Waals surface area contributed by atoms with E-state index in [9.17, 15) is 4.79 Å². The lowest BCUT2D eigenvalue weighted by atomic mass is 9.98. The molecule has 0 aliphatic heterocycles. The minimum absolute atomic E-state index is 0.111. The summed E-state index contributed by atoms with van der Waals surface area (Å²) in [4.78, 5) is 17.2. The zero-order chi connectivity index (χ0) is 22.7. The van der Waals surface area contributed by atoms with Crippen molar-refractivity contribution < 1.29 is 4.79 Å². The molecule has 8 heteroatoms. The van der Waals surface area contributed by atoms with E-state index in [2.05, 4.69) is 53.4 Å². The summed E-state index contributed by atoms with van der Waals surface area (Å²) in [6.45, 7) is 9.06. The molecule has 1 N–H and O–H groups in total. The van der Waals surface area contributed by atoms with Gasteiger partial charge in [0.15, 0.2) is 16.1 Å². The molecule has 0 aliphatic carbocycles. The van der Waals surface area contributed by atoms with Gasteiger partial charge in [-0.25, -0.2) is 4.98 Å². The average Bonchev–Trinajstić information content (AvgIpc) is 3.39. The average molecular weight is 464 g/mol. The fourth-order valence-electron chi connectivity index (χ4n) is 3.80. The van der Waals surface area contributed by atoms with Crippen molar-refractivity contribution in [2.24, 2.45) is 0 Å². The van der Waals surface area contributed by atoms with Crippen molar-refractivity contribution in [3.63, 3.8) is 0 Å². The van der Waals surface area contributed by atoms with Gasteiger partial charge >= 0.3 is 0 Å². The van der Waals surface area contributed by atoms with Gasteiger partial charge in [0.25, 0.3) is 0 Å². The number of thiazole rings is 1. The number of nitrogens with one attached hydrogen (secondary N) is 1. The van der Waals surface area contributed by atoms with Crippen LogP contribution in [0.5, 0.6) is 0 Å². The van der Waals surface area contributed by atoms with Crippen LogP contribution in [0.1, 0.15) is 23.6 Å². The molecular weight excluding hydrogens is 438 g/mol. The highest BCUT2D eigenvalue weighted by atomic mass is 32.2. The normalized spacial score (nSPS) is 11.0. The van der Waals surface area contributed by atoms with Gasteiger partial charge in [-0.05, 0) is 38.8 Å². The number of aromatic nitrogens is 4. The van der Waals surface area contributed by atoms with Crippen molar-refractivity contribution in [1.82, 2.24) is 19.7 Å². The van der Waals surface area contributed by atoms with Crippen molar-refractivity contribution in [2.45, 2.75) is 39.4 Å². The molecule has 0 radical (unpaired) electrons. The Hall–Kier alpha value is -2.97. The maximum atomic E-state index is 12.6. The first-order valence-corrected chi connectivity index (χ1v) is 12.3. The van der Waals surface area contributed by atoms with Gasteiger partial charge in [0, 0.05) is 23.1 Å². The summed E-state index contributed by atoms with van der Waals surface area (Å²) in [6, 6.07) is 14.3. The van der Waals surface area contributed by atoms with Crippen molar-refractivity contribution >= 4 is 34.1 Å². The second-order valence-electron chi connectivity index (χ2n) is 7.56. The molecule has 2 heterocycles. The van der Waals surface area contributed by atoms with Gasteiger partial charge in [0.2, 0.25) is 5.91 Å². The van der Waals surface area contributed by atoms with Crippen LogP contribution < -0.4 is 5.32 Å². The highest BCUT2D eigenvalue weighted by molar-refractivity contribution is 7.99. The quantitative estimate of drug-likeness (QED) is 0.354. The number of hydrogen-bond acceptors (Lipinski definition) is 6. The molecule has 0 saturated carbocycles. The topological polar surface area (TPSA) is 72.7 Å². The molecule has 4 rings (SSSR count). The number of amides is 1. The Morgan fingerprint density at radius 2 is 1.81 bits per heavy atom. The Morgan fingerprint density at radius 3 is 2.50 bits per heavy atom. The molecule has 1 amide bonds. The molecule has 2 aromatic heterocycles. The Labute approximate surface area is 196 Å². The number of anilines is 1. The third-order valence-electron chi connectivity index (χ3n) is 5.08. The number of benzene rings is 2. The van der Waals surface area contributed by atoms with Crippen LogP contribution in [0.15, 0.2) is 53.0 Å². The van der Waals surface area contributed by atoms with Gasteiger partial charge in [-0.1, -0.05) is 59.8 Å². The smallest absolute Gasteiger partial charge is 0.236 e. The van der Waals surface area contributed by atoms with Gasteiger partial charge < -0.3 is 9.88 Å². The molecule has 0 aliphatic rings. The summed E-state index contributed by atoms with van der Waals surface area (Å²) >= 11 is 2.82. The molecule has 4 aromatic rings. The fourth-order valence-corrected chi connectivity index (χ4v) is 5.32. The Balaban J connectivity index is 1.42. The molecule has 0 bridgehead atoms. The van der Waals surface area contributed by atoms with E-state index >= 15 is 0 Å². The van der Waals surface area contributed by atoms with Gasteiger partial charge in [-0.15, -0.1) is 21.5 Å². The molecule has 0 fully saturated rings. The molecule has 0 atom stereocenters. The van der Waals surface area contributed by atoms with Gasteiger partial charge in [-0.3, -0.25) is 4.79 Å². The third kappa shape index (κ3) is 4.76. The van der Waals surface area contributed by atoms with Crippen LogP contribution in [0.3, 0.4) is 0 Å². The lowest BCUT2D eigenvalue weighted by molar-refractivity contribution is -0.113. The van der Waals surface area contributed by atoms with Crippen molar-refractivity contribution in [1.29, 1.82) is 0 Å². The number of aryl methyl sites for hydroxylation is 3. The molecule has 32 heavy (non-hydrogen) atoms. The summed E-state index contributed by atoms with van der Waals surface area (Å²) < 4.78 is 2.03. The first kappa shape index (κ1) is 22.2. The minimum atomic E-state index is -0.111. The van der Waals surface area contributed by atoms with E-state index in [-0.39, 0.29) is 11.7 Å². The molecule has 164 valence electrons. The van der Waals surface area contributed by atoms with E-state index in [0.717, 1.165) is 34.3 Å². The van der Waals surface area contributed by atoms with Crippen LogP contribution in [0.4, 0.5) is 5.13 Å². The van der Waals surface area contributed by atoms with Crippen molar-refractivity contribution in [3.8, 4) is 22.6 Å². The lowest BCUT2D eigenvalue weighted by Crippen LogP contribution is -2.14. The second-order valence-corrected chi connectivity index (χ2v) is 9.37. The largest absolute Gasteiger partial charge is 0.302 e. The van der Waals surface area contributed by atoms with Crippen LogP contribution in [0, 0.1) is 20.8 Å². The van der Waals surface area contributed by atoms with Crippen LogP contribution in [0.2, 0.25) is 0 Å².